The van der Waals surface area contributed by atoms with Crippen LogP contribution in [0.3, 0.4) is 0 Å². The van der Waals surface area contributed by atoms with Crippen molar-refractivity contribution in [1.29, 1.82) is 0 Å². The summed E-state index contributed by atoms with van der Waals surface area (Å²) in [4.78, 5) is 11.4. The first-order valence-electron chi connectivity index (χ1n) is 9.50. The zero-order valence-electron chi connectivity index (χ0n) is 17.6. The molecule has 0 aliphatic carbocycles. The first-order chi connectivity index (χ1) is 11.3. The molecule has 1 heterocycles. The number of ketones is 1. The van der Waals surface area contributed by atoms with Crippen LogP contribution in [0.25, 0.3) is 0 Å². The van der Waals surface area contributed by atoms with Crippen LogP contribution in [0.2, 0.25) is 19.6 Å². The van der Waals surface area contributed by atoms with E-state index in [1.54, 1.807) is 6.92 Å². The highest BCUT2D eigenvalue weighted by atomic mass is 28.4. The zero-order valence-corrected chi connectivity index (χ0v) is 18.6. The number of carbonyl (C=O) groups excluding carboxylic acids is 1. The Morgan fingerprint density at radius 2 is 1.84 bits per heavy atom. The predicted octanol–water partition coefficient (Wildman–Crippen LogP) is 4.94. The minimum Gasteiger partial charge on any atom is -0.414 e. The number of rotatable bonds is 8. The van der Waals surface area contributed by atoms with Crippen LogP contribution in [0.5, 0.6) is 0 Å². The Labute approximate surface area is 155 Å². The van der Waals surface area contributed by atoms with E-state index in [4.69, 9.17) is 13.9 Å². The quantitative estimate of drug-likeness (QED) is 0.448. The maximum absolute atomic E-state index is 11.4. The second-order valence-corrected chi connectivity index (χ2v) is 13.6. The predicted molar refractivity (Wildman–Crippen MR) is 105 cm³/mol. The van der Waals surface area contributed by atoms with Crippen LogP contribution in [-0.4, -0.2) is 38.2 Å². The maximum atomic E-state index is 11.4. The van der Waals surface area contributed by atoms with Gasteiger partial charge in [0.2, 0.25) is 0 Å². The highest BCUT2D eigenvalue weighted by Crippen LogP contribution is 2.30. The normalized spacial score (nSPS) is 26.8. The molecule has 4 atom stereocenters. The van der Waals surface area contributed by atoms with Crippen LogP contribution in [0.4, 0.5) is 0 Å². The third-order valence-corrected chi connectivity index (χ3v) is 5.17. The van der Waals surface area contributed by atoms with Gasteiger partial charge in [-0.15, -0.1) is 0 Å². The van der Waals surface area contributed by atoms with Crippen LogP contribution >= 0.6 is 0 Å². The highest BCUT2D eigenvalue weighted by Gasteiger charge is 2.35. The average Bonchev–Trinajstić information content (AvgIpc) is 2.38. The smallest absolute Gasteiger partial charge is 0.184 e. The minimum atomic E-state index is -1.59. The second-order valence-electron chi connectivity index (χ2n) is 9.12. The van der Waals surface area contributed by atoms with E-state index in [1.165, 1.54) is 0 Å². The molecule has 4 nitrogen and oxygen atoms in total. The van der Waals surface area contributed by atoms with Gasteiger partial charge in [0.1, 0.15) is 5.78 Å². The second kappa shape index (κ2) is 8.93. The maximum Gasteiger partial charge on any atom is 0.184 e. The molecule has 146 valence electrons. The lowest BCUT2D eigenvalue weighted by atomic mass is 9.93. The van der Waals surface area contributed by atoms with Crippen LogP contribution in [0.15, 0.2) is 12.2 Å². The summed E-state index contributed by atoms with van der Waals surface area (Å²) in [6.07, 6.45) is 5.60. The Morgan fingerprint density at radius 1 is 1.24 bits per heavy atom. The van der Waals surface area contributed by atoms with E-state index >= 15 is 0 Å². The van der Waals surface area contributed by atoms with E-state index in [-0.39, 0.29) is 24.1 Å². The summed E-state index contributed by atoms with van der Waals surface area (Å²) in [7, 11) is -1.59. The Hall–Kier alpha value is -0.493. The van der Waals surface area contributed by atoms with Crippen LogP contribution < -0.4 is 0 Å². The van der Waals surface area contributed by atoms with Crippen molar-refractivity contribution < 1.29 is 18.7 Å². The standard InChI is InChI=1S/C20H38O4Si/c1-14(2)19(24-25(7,8)9)15(3)10-11-17-13-18(12-16(4)21)23-20(5,6)22-17/h10-11,14-15,17-19H,12-13H2,1-9H3/b11-10+/t15-,17-,18+,19-/m0/s1. The lowest BCUT2D eigenvalue weighted by molar-refractivity contribution is -0.289. The molecule has 25 heavy (non-hydrogen) atoms. The van der Waals surface area contributed by atoms with Crippen molar-refractivity contribution in [3.63, 3.8) is 0 Å². The van der Waals surface area contributed by atoms with Gasteiger partial charge in [-0.3, -0.25) is 4.79 Å². The molecule has 1 aliphatic heterocycles. The molecular formula is C20H38O4Si. The zero-order chi connectivity index (χ0) is 19.4. The molecule has 0 N–H and O–H groups in total. The summed E-state index contributed by atoms with van der Waals surface area (Å²) in [5.41, 5.74) is 0. The molecule has 5 heteroatoms. The first kappa shape index (κ1) is 22.5. The van der Waals surface area contributed by atoms with Gasteiger partial charge in [0.05, 0.1) is 18.3 Å². The van der Waals surface area contributed by atoms with Crippen molar-refractivity contribution in [1.82, 2.24) is 0 Å². The molecule has 0 aromatic carbocycles. The average molecular weight is 371 g/mol. The summed E-state index contributed by atoms with van der Waals surface area (Å²) in [6, 6.07) is 0. The van der Waals surface area contributed by atoms with E-state index < -0.39 is 14.1 Å². The number of hydrogen-bond acceptors (Lipinski definition) is 4. The number of ether oxygens (including phenoxy) is 2. The molecule has 0 spiro atoms. The molecular weight excluding hydrogens is 332 g/mol. The van der Waals surface area contributed by atoms with Gasteiger partial charge >= 0.3 is 0 Å². The fourth-order valence-electron chi connectivity index (χ4n) is 3.38. The summed E-state index contributed by atoms with van der Waals surface area (Å²) < 4.78 is 18.3. The molecule has 1 saturated heterocycles. The molecule has 0 saturated carbocycles. The van der Waals surface area contributed by atoms with E-state index in [9.17, 15) is 4.79 Å². The lowest BCUT2D eigenvalue weighted by Gasteiger charge is -2.40. The molecule has 0 radical (unpaired) electrons. The van der Waals surface area contributed by atoms with Crippen LogP contribution in [-0.2, 0) is 18.7 Å². The minimum absolute atomic E-state index is 0.0322. The monoisotopic (exact) mass is 370 g/mol. The lowest BCUT2D eigenvalue weighted by Crippen LogP contribution is -2.44. The first-order valence-corrected chi connectivity index (χ1v) is 12.9. The van der Waals surface area contributed by atoms with E-state index in [0.29, 0.717) is 24.7 Å². The van der Waals surface area contributed by atoms with Gasteiger partial charge in [-0.05, 0) is 52.2 Å². The van der Waals surface area contributed by atoms with Gasteiger partial charge in [0.25, 0.3) is 0 Å². The molecule has 1 fully saturated rings. The Bertz CT molecular complexity index is 465. The van der Waals surface area contributed by atoms with E-state index in [2.05, 4.69) is 52.6 Å². The van der Waals surface area contributed by atoms with Crippen molar-refractivity contribution in [3.05, 3.63) is 12.2 Å². The molecule has 1 aliphatic rings. The van der Waals surface area contributed by atoms with Crippen LogP contribution in [0, 0.1) is 11.8 Å². The molecule has 0 aromatic heterocycles. The van der Waals surface area contributed by atoms with Crippen LogP contribution in [0.1, 0.15) is 54.4 Å². The third kappa shape index (κ3) is 8.62. The van der Waals surface area contributed by atoms with Gasteiger partial charge < -0.3 is 13.9 Å². The summed E-state index contributed by atoms with van der Waals surface area (Å²) in [5, 5.41) is 0. The van der Waals surface area contributed by atoms with E-state index in [0.717, 1.165) is 0 Å². The third-order valence-electron chi connectivity index (χ3n) is 4.19. The fraction of sp³-hybridized carbons (Fsp3) is 0.850. The van der Waals surface area contributed by atoms with Crippen molar-refractivity contribution in [2.75, 3.05) is 0 Å². The van der Waals surface area contributed by atoms with Crippen molar-refractivity contribution >= 4 is 14.1 Å². The van der Waals surface area contributed by atoms with Crippen molar-refractivity contribution in [2.45, 2.75) is 98.1 Å². The van der Waals surface area contributed by atoms with Gasteiger partial charge in [-0.2, -0.15) is 0 Å². The Morgan fingerprint density at radius 3 is 2.32 bits per heavy atom. The van der Waals surface area contributed by atoms with E-state index in [1.807, 2.05) is 13.8 Å². The SMILES string of the molecule is CC(=O)C[C@@H]1C[C@H](/C=C/[C@H](C)[C@@H](O[Si](C)(C)C)C(C)C)OC(C)(C)O1. The summed E-state index contributed by atoms with van der Waals surface area (Å²) in [6.45, 7) is 18.8. The Balaban J connectivity index is 2.77. The van der Waals surface area contributed by atoms with Gasteiger partial charge in [0.15, 0.2) is 14.1 Å². The van der Waals surface area contributed by atoms with Crippen molar-refractivity contribution in [3.8, 4) is 0 Å². The molecule has 1 rings (SSSR count). The number of Topliss-reactive ketones (excluding diaryl/α,β-unsaturated/α-hetero) is 1. The molecule has 0 aromatic rings. The number of hydrogen-bond donors (Lipinski definition) is 0. The molecule has 0 amide bonds. The van der Waals surface area contributed by atoms with Crippen molar-refractivity contribution in [2.24, 2.45) is 11.8 Å². The largest absolute Gasteiger partial charge is 0.414 e. The molecule has 0 bridgehead atoms. The highest BCUT2D eigenvalue weighted by molar-refractivity contribution is 6.69. The topological polar surface area (TPSA) is 44.8 Å². The summed E-state index contributed by atoms with van der Waals surface area (Å²) in [5.74, 6) is 0.265. The molecule has 0 unspecified atom stereocenters. The number of carbonyl (C=O) groups is 1. The van der Waals surface area contributed by atoms with Gasteiger partial charge in [-0.1, -0.05) is 32.9 Å². The van der Waals surface area contributed by atoms with Gasteiger partial charge in [-0.25, -0.2) is 0 Å². The summed E-state index contributed by atoms with van der Waals surface area (Å²) >= 11 is 0. The fourth-order valence-corrected chi connectivity index (χ4v) is 4.68. The van der Waals surface area contributed by atoms with Gasteiger partial charge in [0, 0.05) is 12.8 Å². The Kier molecular flexibility index (Phi) is 8.06.